The van der Waals surface area contributed by atoms with Crippen LogP contribution in [0.1, 0.15) is 40.0 Å². The fraction of sp³-hybridized carbons (Fsp3) is 0.692. The van der Waals surface area contributed by atoms with Crippen molar-refractivity contribution in [2.45, 2.75) is 45.6 Å². The first-order valence-corrected chi connectivity index (χ1v) is 6.22. The largest absolute Gasteiger partial charge is 0.481 e. The smallest absolute Gasteiger partial charge is 0.318 e. The molecule has 0 fully saturated rings. The molecular weight excluding hydrogens is 232 g/mol. The molecule has 5 nitrogen and oxygen atoms in total. The number of carbonyl (C=O) groups is 2. The Kier molecular flexibility index (Phi) is 7.08. The molecule has 0 aliphatic rings. The molecule has 0 aromatic rings. The van der Waals surface area contributed by atoms with E-state index in [4.69, 9.17) is 5.11 Å². The van der Waals surface area contributed by atoms with Gasteiger partial charge in [0, 0.05) is 25.0 Å². The van der Waals surface area contributed by atoms with E-state index in [0.29, 0.717) is 19.5 Å². The molecule has 0 aliphatic heterocycles. The lowest BCUT2D eigenvalue weighted by Crippen LogP contribution is -2.50. The molecule has 0 unspecified atom stereocenters. The molecule has 0 heterocycles. The van der Waals surface area contributed by atoms with E-state index >= 15 is 0 Å². The van der Waals surface area contributed by atoms with Gasteiger partial charge in [-0.1, -0.05) is 13.0 Å². The second-order valence-electron chi connectivity index (χ2n) is 4.94. The molecule has 2 N–H and O–H groups in total. The Labute approximate surface area is 109 Å². The van der Waals surface area contributed by atoms with E-state index in [1.54, 1.807) is 11.0 Å². The maximum atomic E-state index is 12.0. The molecule has 0 radical (unpaired) electrons. The van der Waals surface area contributed by atoms with E-state index < -0.39 is 11.5 Å². The zero-order valence-corrected chi connectivity index (χ0v) is 11.5. The number of rotatable bonds is 8. The summed E-state index contributed by atoms with van der Waals surface area (Å²) in [5.41, 5.74) is -0.525. The monoisotopic (exact) mass is 256 g/mol. The second kappa shape index (κ2) is 7.74. The molecule has 0 saturated carbocycles. The van der Waals surface area contributed by atoms with Crippen molar-refractivity contribution in [3.8, 4) is 0 Å². The molecule has 0 bridgehead atoms. The van der Waals surface area contributed by atoms with Crippen LogP contribution < -0.4 is 5.32 Å². The van der Waals surface area contributed by atoms with Gasteiger partial charge in [-0.25, -0.2) is 4.79 Å². The second-order valence-corrected chi connectivity index (χ2v) is 4.94. The average Bonchev–Trinajstić information content (AvgIpc) is 2.25. The van der Waals surface area contributed by atoms with Crippen molar-refractivity contribution in [2.75, 3.05) is 13.1 Å². The van der Waals surface area contributed by atoms with Gasteiger partial charge < -0.3 is 15.3 Å². The van der Waals surface area contributed by atoms with Crippen LogP contribution in [0.4, 0.5) is 4.79 Å². The first-order valence-electron chi connectivity index (χ1n) is 6.22. The molecule has 0 spiro atoms. The number of amides is 2. The minimum Gasteiger partial charge on any atom is -0.481 e. The summed E-state index contributed by atoms with van der Waals surface area (Å²) in [4.78, 5) is 24.2. The number of nitrogens with zero attached hydrogens (tertiary/aromatic N) is 1. The number of nitrogens with one attached hydrogen (secondary N) is 1. The highest BCUT2D eigenvalue weighted by Gasteiger charge is 2.23. The van der Waals surface area contributed by atoms with Crippen molar-refractivity contribution in [1.29, 1.82) is 0 Å². The number of hydrogen-bond acceptors (Lipinski definition) is 2. The van der Waals surface area contributed by atoms with Crippen LogP contribution in [0.5, 0.6) is 0 Å². The Morgan fingerprint density at radius 1 is 1.44 bits per heavy atom. The minimum atomic E-state index is -0.853. The molecule has 0 atom stereocenters. The fourth-order valence-electron chi connectivity index (χ4n) is 1.55. The van der Waals surface area contributed by atoms with Crippen LogP contribution >= 0.6 is 0 Å². The van der Waals surface area contributed by atoms with E-state index in [1.165, 1.54) is 0 Å². The molecule has 0 aromatic carbocycles. The maximum Gasteiger partial charge on any atom is 0.318 e. The molecule has 0 saturated heterocycles. The third-order valence-electron chi connectivity index (χ3n) is 2.54. The highest BCUT2D eigenvalue weighted by molar-refractivity contribution is 5.75. The van der Waals surface area contributed by atoms with Crippen molar-refractivity contribution in [3.63, 3.8) is 0 Å². The van der Waals surface area contributed by atoms with Crippen LogP contribution in [0.25, 0.3) is 0 Å². The van der Waals surface area contributed by atoms with Gasteiger partial charge in [-0.3, -0.25) is 4.79 Å². The number of urea groups is 1. The normalized spacial score (nSPS) is 10.8. The summed E-state index contributed by atoms with van der Waals surface area (Å²) in [6, 6.07) is -0.174. The maximum absolute atomic E-state index is 12.0. The number of carboxylic acids is 1. The Balaban J connectivity index is 4.39. The van der Waals surface area contributed by atoms with Gasteiger partial charge in [0.25, 0.3) is 0 Å². The zero-order chi connectivity index (χ0) is 14.2. The molecule has 104 valence electrons. The topological polar surface area (TPSA) is 69.6 Å². The lowest BCUT2D eigenvalue weighted by atomic mass is 9.99. The Hall–Kier alpha value is -1.52. The number of aliphatic carboxylic acids is 1. The van der Waals surface area contributed by atoms with Crippen molar-refractivity contribution in [3.05, 3.63) is 12.7 Å². The Bertz CT molecular complexity index is 301. The van der Waals surface area contributed by atoms with Crippen molar-refractivity contribution < 1.29 is 14.7 Å². The highest BCUT2D eigenvalue weighted by atomic mass is 16.4. The SMILES string of the molecule is C=CCN(CCC)C(=O)NC(C)(C)CCC(=O)O. The molecule has 0 rings (SSSR count). The Morgan fingerprint density at radius 2 is 2.06 bits per heavy atom. The standard InChI is InChI=1S/C13H24N2O3/c1-5-9-15(10-6-2)12(18)14-13(3,4)8-7-11(16)17/h5H,1,6-10H2,2-4H3,(H,14,18)(H,16,17). The van der Waals surface area contributed by atoms with Crippen LogP contribution in [0.3, 0.4) is 0 Å². The van der Waals surface area contributed by atoms with Crippen LogP contribution in [-0.2, 0) is 4.79 Å². The van der Waals surface area contributed by atoms with Crippen molar-refractivity contribution in [1.82, 2.24) is 10.2 Å². The first kappa shape index (κ1) is 16.5. The predicted molar refractivity (Wildman–Crippen MR) is 71.5 cm³/mol. The van der Waals surface area contributed by atoms with Gasteiger partial charge in [0.05, 0.1) is 0 Å². The van der Waals surface area contributed by atoms with Gasteiger partial charge in [-0.15, -0.1) is 6.58 Å². The quantitative estimate of drug-likeness (QED) is 0.654. The molecule has 0 aliphatic carbocycles. The summed E-state index contributed by atoms with van der Waals surface area (Å²) < 4.78 is 0. The molecule has 2 amide bonds. The fourth-order valence-corrected chi connectivity index (χ4v) is 1.55. The third kappa shape index (κ3) is 6.93. The highest BCUT2D eigenvalue weighted by Crippen LogP contribution is 2.12. The van der Waals surface area contributed by atoms with E-state index in [1.807, 2.05) is 20.8 Å². The first-order chi connectivity index (χ1) is 8.32. The third-order valence-corrected chi connectivity index (χ3v) is 2.54. The molecule has 18 heavy (non-hydrogen) atoms. The van der Waals surface area contributed by atoms with Gasteiger partial charge in [-0.2, -0.15) is 0 Å². The van der Waals surface area contributed by atoms with E-state index in [-0.39, 0.29) is 12.5 Å². The molecule has 5 heteroatoms. The van der Waals surface area contributed by atoms with Crippen LogP contribution in [0.15, 0.2) is 12.7 Å². The lowest BCUT2D eigenvalue weighted by Gasteiger charge is -2.30. The van der Waals surface area contributed by atoms with Gasteiger partial charge in [0.15, 0.2) is 0 Å². The van der Waals surface area contributed by atoms with Crippen LogP contribution in [0, 0.1) is 0 Å². The summed E-state index contributed by atoms with van der Waals surface area (Å²) in [6.45, 7) is 10.4. The van der Waals surface area contributed by atoms with Crippen LogP contribution in [-0.4, -0.2) is 40.6 Å². The summed E-state index contributed by atoms with van der Waals surface area (Å²) in [7, 11) is 0. The van der Waals surface area contributed by atoms with E-state index in [9.17, 15) is 9.59 Å². The van der Waals surface area contributed by atoms with E-state index in [0.717, 1.165) is 6.42 Å². The number of hydrogen-bond donors (Lipinski definition) is 2. The lowest BCUT2D eigenvalue weighted by molar-refractivity contribution is -0.137. The average molecular weight is 256 g/mol. The number of carbonyl (C=O) groups excluding carboxylic acids is 1. The summed E-state index contributed by atoms with van der Waals surface area (Å²) >= 11 is 0. The van der Waals surface area contributed by atoms with E-state index in [2.05, 4.69) is 11.9 Å². The molecular formula is C13H24N2O3. The Morgan fingerprint density at radius 3 is 2.50 bits per heavy atom. The van der Waals surface area contributed by atoms with Crippen molar-refractivity contribution in [2.24, 2.45) is 0 Å². The van der Waals surface area contributed by atoms with Crippen LogP contribution in [0.2, 0.25) is 0 Å². The van der Waals surface area contributed by atoms with Gasteiger partial charge >= 0.3 is 12.0 Å². The van der Waals surface area contributed by atoms with Gasteiger partial charge in [0.1, 0.15) is 0 Å². The zero-order valence-electron chi connectivity index (χ0n) is 11.5. The summed E-state index contributed by atoms with van der Waals surface area (Å²) in [5, 5.41) is 11.5. The van der Waals surface area contributed by atoms with Crippen molar-refractivity contribution >= 4 is 12.0 Å². The summed E-state index contributed by atoms with van der Waals surface area (Å²) in [6.07, 6.45) is 3.00. The number of carboxylic acid groups (broad SMARTS) is 1. The van der Waals surface area contributed by atoms with Gasteiger partial charge in [-0.05, 0) is 26.7 Å². The minimum absolute atomic E-state index is 0.0442. The summed E-state index contributed by atoms with van der Waals surface area (Å²) in [5.74, 6) is -0.853. The molecule has 0 aromatic heterocycles. The predicted octanol–water partition coefficient (Wildman–Crippen LogP) is 2.24. The van der Waals surface area contributed by atoms with Gasteiger partial charge in [0.2, 0.25) is 0 Å².